The molecule has 3 heterocycles. The molecule has 5 rings (SSSR count). The predicted octanol–water partition coefficient (Wildman–Crippen LogP) is 5.75. The van der Waals surface area contributed by atoms with Gasteiger partial charge in [-0.15, -0.1) is 0 Å². The molecule has 0 atom stereocenters. The molecule has 1 aliphatic heterocycles. The number of carbonyl (C=O) groups is 1. The number of aromatic nitrogens is 3. The first-order valence-corrected chi connectivity index (χ1v) is 12.7. The van der Waals surface area contributed by atoms with E-state index in [1.54, 1.807) is 6.20 Å². The van der Waals surface area contributed by atoms with Crippen molar-refractivity contribution in [2.45, 2.75) is 45.1 Å². The van der Waals surface area contributed by atoms with Crippen LogP contribution < -0.4 is 5.32 Å². The van der Waals surface area contributed by atoms with Crippen molar-refractivity contribution in [3.05, 3.63) is 84.1 Å². The van der Waals surface area contributed by atoms with Gasteiger partial charge in [0, 0.05) is 41.1 Å². The summed E-state index contributed by atoms with van der Waals surface area (Å²) in [6, 6.07) is 16.7. The van der Waals surface area contributed by atoms with Crippen LogP contribution in [0.2, 0.25) is 0 Å². The second-order valence-electron chi connectivity index (χ2n) is 10.1. The largest absolute Gasteiger partial charge is 0.382 e. The van der Waals surface area contributed by atoms with E-state index >= 15 is 0 Å². The van der Waals surface area contributed by atoms with Gasteiger partial charge >= 0.3 is 0 Å². The van der Waals surface area contributed by atoms with Gasteiger partial charge in [-0.2, -0.15) is 0 Å². The Kier molecular flexibility index (Phi) is 7.05. The van der Waals surface area contributed by atoms with Crippen molar-refractivity contribution in [3.63, 3.8) is 0 Å². The number of likely N-dealkylation sites (tertiary alicyclic amines) is 1. The van der Waals surface area contributed by atoms with Crippen LogP contribution in [-0.4, -0.2) is 51.8 Å². The van der Waals surface area contributed by atoms with Gasteiger partial charge < -0.3 is 10.2 Å². The van der Waals surface area contributed by atoms with E-state index in [1.807, 2.05) is 36.7 Å². The average Bonchev–Trinajstić information content (AvgIpc) is 2.88. The minimum Gasteiger partial charge on any atom is -0.382 e. The number of nitrogens with one attached hydrogen (secondary N) is 1. The lowest BCUT2D eigenvalue weighted by atomic mass is 9.88. The van der Waals surface area contributed by atoms with Crippen molar-refractivity contribution in [3.8, 4) is 11.1 Å². The Balaban J connectivity index is 1.35. The Labute approximate surface area is 212 Å². The molecule has 0 bridgehead atoms. The summed E-state index contributed by atoms with van der Waals surface area (Å²) in [5, 5.41) is 4.35. The molecule has 1 aliphatic rings. The molecule has 0 radical (unpaired) electrons. The van der Waals surface area contributed by atoms with Gasteiger partial charge in [-0.3, -0.25) is 9.78 Å². The molecule has 2 aromatic carbocycles. The summed E-state index contributed by atoms with van der Waals surface area (Å²) in [6.07, 6.45) is 7.95. The number of ketones is 1. The minimum absolute atomic E-state index is 0.0527. The van der Waals surface area contributed by atoms with Gasteiger partial charge in [-0.05, 0) is 82.1 Å². The maximum absolute atomic E-state index is 13.1. The molecule has 4 aromatic rings. The maximum atomic E-state index is 13.1. The van der Waals surface area contributed by atoms with E-state index in [9.17, 15) is 4.79 Å². The fourth-order valence-corrected chi connectivity index (χ4v) is 4.89. The van der Waals surface area contributed by atoms with Crippen molar-refractivity contribution in [2.75, 3.05) is 25.5 Å². The molecule has 0 saturated carbocycles. The lowest BCUT2D eigenvalue weighted by Gasteiger charge is -2.29. The number of hydrogen-bond donors (Lipinski definition) is 1. The molecule has 184 valence electrons. The number of pyridine rings is 1. The molecular formula is C30H33N5O. The van der Waals surface area contributed by atoms with Gasteiger partial charge in [-0.25, -0.2) is 9.97 Å². The number of anilines is 1. The number of hydrogen-bond acceptors (Lipinski definition) is 6. The van der Waals surface area contributed by atoms with Gasteiger partial charge in [-0.1, -0.05) is 30.3 Å². The summed E-state index contributed by atoms with van der Waals surface area (Å²) < 4.78 is 0. The van der Waals surface area contributed by atoms with Crippen LogP contribution >= 0.6 is 0 Å². The molecule has 6 heteroatoms. The third-order valence-corrected chi connectivity index (χ3v) is 6.88. The molecule has 36 heavy (non-hydrogen) atoms. The van der Waals surface area contributed by atoms with Crippen molar-refractivity contribution >= 4 is 22.4 Å². The third-order valence-electron chi connectivity index (χ3n) is 6.88. The van der Waals surface area contributed by atoms with Crippen LogP contribution in [0.1, 0.15) is 54.4 Å². The number of benzene rings is 2. The van der Waals surface area contributed by atoms with E-state index in [0.717, 1.165) is 59.2 Å². The van der Waals surface area contributed by atoms with Crippen molar-refractivity contribution in [2.24, 2.45) is 0 Å². The summed E-state index contributed by atoms with van der Waals surface area (Å²) in [6.45, 7) is 6.41. The Morgan fingerprint density at radius 1 is 1.03 bits per heavy atom. The van der Waals surface area contributed by atoms with Crippen LogP contribution in [0.25, 0.3) is 22.0 Å². The standard InChI is InChI=1S/C30H33N5O/c1-20(2)33-27-14-26(17-31-19-27)23-7-8-25-18-32-30(34-28(25)15-23)16-29(36)24-6-4-5-22(13-24)21-9-11-35(3)12-10-21/h4-8,13-15,17-21,33H,9-12,16H2,1-3H3. The average molecular weight is 480 g/mol. The lowest BCUT2D eigenvalue weighted by molar-refractivity contribution is 0.0990. The topological polar surface area (TPSA) is 71.0 Å². The normalized spacial score (nSPS) is 14.9. The molecule has 1 saturated heterocycles. The first kappa shape index (κ1) is 24.1. The molecule has 0 aliphatic carbocycles. The molecule has 0 unspecified atom stereocenters. The number of rotatable bonds is 7. The predicted molar refractivity (Wildman–Crippen MR) is 145 cm³/mol. The van der Waals surface area contributed by atoms with E-state index in [4.69, 9.17) is 4.98 Å². The first-order chi connectivity index (χ1) is 17.4. The summed E-state index contributed by atoms with van der Waals surface area (Å²) >= 11 is 0. The highest BCUT2D eigenvalue weighted by Crippen LogP contribution is 2.28. The zero-order chi connectivity index (χ0) is 25.1. The Morgan fingerprint density at radius 3 is 2.67 bits per heavy atom. The Morgan fingerprint density at radius 2 is 1.86 bits per heavy atom. The molecular weight excluding hydrogens is 446 g/mol. The lowest BCUT2D eigenvalue weighted by Crippen LogP contribution is -2.29. The van der Waals surface area contributed by atoms with Gasteiger partial charge in [0.1, 0.15) is 5.82 Å². The first-order valence-electron chi connectivity index (χ1n) is 12.7. The zero-order valence-electron chi connectivity index (χ0n) is 21.2. The minimum atomic E-state index is 0.0527. The molecule has 1 fully saturated rings. The van der Waals surface area contributed by atoms with Gasteiger partial charge in [0.15, 0.2) is 5.78 Å². The second kappa shape index (κ2) is 10.5. The van der Waals surface area contributed by atoms with Gasteiger partial charge in [0.25, 0.3) is 0 Å². The van der Waals surface area contributed by atoms with E-state index in [-0.39, 0.29) is 12.2 Å². The molecule has 0 amide bonds. The number of piperidine rings is 1. The molecule has 0 spiro atoms. The summed E-state index contributed by atoms with van der Waals surface area (Å²) in [7, 11) is 2.17. The van der Waals surface area contributed by atoms with Gasteiger partial charge in [0.05, 0.1) is 17.6 Å². The summed E-state index contributed by atoms with van der Waals surface area (Å²) in [5.74, 6) is 1.12. The quantitative estimate of drug-likeness (QED) is 0.341. The summed E-state index contributed by atoms with van der Waals surface area (Å²) in [4.78, 5) is 29.1. The smallest absolute Gasteiger partial charge is 0.170 e. The van der Waals surface area contributed by atoms with Gasteiger partial charge in [0.2, 0.25) is 0 Å². The number of nitrogens with zero attached hydrogens (tertiary/aromatic N) is 4. The number of Topliss-reactive ketones (excluding diaryl/α,β-unsaturated/α-hetero) is 1. The Hall–Kier alpha value is -3.64. The molecule has 6 nitrogen and oxygen atoms in total. The van der Waals surface area contributed by atoms with E-state index in [1.165, 1.54) is 5.56 Å². The van der Waals surface area contributed by atoms with E-state index in [0.29, 0.717) is 17.8 Å². The number of carbonyl (C=O) groups excluding carboxylic acids is 1. The van der Waals surface area contributed by atoms with Crippen LogP contribution in [0.5, 0.6) is 0 Å². The Bertz CT molecular complexity index is 1370. The highest BCUT2D eigenvalue weighted by atomic mass is 16.1. The fourth-order valence-electron chi connectivity index (χ4n) is 4.89. The van der Waals surface area contributed by atoms with Crippen LogP contribution in [0.15, 0.2) is 67.1 Å². The van der Waals surface area contributed by atoms with E-state index in [2.05, 4.69) is 65.3 Å². The van der Waals surface area contributed by atoms with Crippen LogP contribution in [0.3, 0.4) is 0 Å². The zero-order valence-corrected chi connectivity index (χ0v) is 21.2. The highest BCUT2D eigenvalue weighted by molar-refractivity contribution is 5.97. The number of fused-ring (bicyclic) bond motifs is 1. The van der Waals surface area contributed by atoms with E-state index < -0.39 is 0 Å². The van der Waals surface area contributed by atoms with Crippen molar-refractivity contribution in [1.82, 2.24) is 19.9 Å². The van der Waals surface area contributed by atoms with Crippen LogP contribution in [-0.2, 0) is 6.42 Å². The monoisotopic (exact) mass is 479 g/mol. The molecule has 2 aromatic heterocycles. The highest BCUT2D eigenvalue weighted by Gasteiger charge is 2.19. The molecule has 1 N–H and O–H groups in total. The van der Waals surface area contributed by atoms with Crippen molar-refractivity contribution < 1.29 is 4.79 Å². The summed E-state index contributed by atoms with van der Waals surface area (Å²) in [5.41, 5.74) is 5.87. The SMILES string of the molecule is CC(C)Nc1cncc(-c2ccc3cnc(CC(=O)c4cccc(C5CCN(C)CC5)c4)nc3c2)c1. The second-order valence-corrected chi connectivity index (χ2v) is 10.1. The third kappa shape index (κ3) is 5.60. The van der Waals surface area contributed by atoms with Crippen LogP contribution in [0.4, 0.5) is 5.69 Å². The van der Waals surface area contributed by atoms with Crippen molar-refractivity contribution in [1.29, 1.82) is 0 Å². The van der Waals surface area contributed by atoms with Crippen LogP contribution in [0, 0.1) is 0 Å². The maximum Gasteiger partial charge on any atom is 0.170 e. The fraction of sp³-hybridized carbons (Fsp3) is 0.333.